The van der Waals surface area contributed by atoms with Crippen molar-refractivity contribution >= 4 is 22.6 Å². The molecule has 0 bridgehead atoms. The number of amides is 2. The van der Waals surface area contributed by atoms with Gasteiger partial charge in [-0.15, -0.1) is 0 Å². The third-order valence-electron chi connectivity index (χ3n) is 3.87. The summed E-state index contributed by atoms with van der Waals surface area (Å²) in [6.07, 6.45) is 1.73. The summed E-state index contributed by atoms with van der Waals surface area (Å²) in [4.78, 5) is 16.3. The number of para-hydroxylation sites is 1. The van der Waals surface area contributed by atoms with Crippen LogP contribution in [0.3, 0.4) is 0 Å². The molecule has 1 aromatic heterocycles. The average molecular weight is 351 g/mol. The molecule has 0 atom stereocenters. The predicted octanol–water partition coefficient (Wildman–Crippen LogP) is 3.16. The number of carbonyl (C=O) groups is 1. The normalized spacial score (nSPS) is 12.0. The van der Waals surface area contributed by atoms with Gasteiger partial charge in [-0.2, -0.15) is 0 Å². The molecule has 0 radical (unpaired) electrons. The van der Waals surface area contributed by atoms with Crippen LogP contribution in [-0.2, 0) is 0 Å². The minimum atomic E-state index is -0.316. The number of rotatable bonds is 5. The molecule has 2 aromatic carbocycles. The fraction of sp³-hybridized carbons (Fsp3) is 0.158. The third-order valence-corrected chi connectivity index (χ3v) is 3.87. The first-order valence-electron chi connectivity index (χ1n) is 8.21. The van der Waals surface area contributed by atoms with Crippen LogP contribution >= 0.6 is 0 Å². The minimum Gasteiger partial charge on any atom is -0.489 e. The Bertz CT molecular complexity index is 940. The van der Waals surface area contributed by atoms with Crippen molar-refractivity contribution in [3.05, 3.63) is 54.7 Å². The summed E-state index contributed by atoms with van der Waals surface area (Å²) in [5.74, 6) is 1.99. The Balaban J connectivity index is 1.27. The number of hydrogen-bond donors (Lipinski definition) is 2. The fourth-order valence-electron chi connectivity index (χ4n) is 2.67. The number of ether oxygens (including phenoxy) is 3. The summed E-state index contributed by atoms with van der Waals surface area (Å²) in [5.41, 5.74) is 1.44. The second-order valence-corrected chi connectivity index (χ2v) is 5.63. The molecule has 7 nitrogen and oxygen atoms in total. The Morgan fingerprint density at radius 1 is 1.12 bits per heavy atom. The number of aromatic nitrogens is 1. The number of urea groups is 1. The Kier molecular flexibility index (Phi) is 4.42. The summed E-state index contributed by atoms with van der Waals surface area (Å²) >= 11 is 0. The van der Waals surface area contributed by atoms with Crippen molar-refractivity contribution in [3.63, 3.8) is 0 Å². The molecule has 1 aliphatic heterocycles. The van der Waals surface area contributed by atoms with Crippen molar-refractivity contribution in [1.29, 1.82) is 0 Å². The number of pyridine rings is 1. The van der Waals surface area contributed by atoms with E-state index in [0.717, 1.165) is 10.9 Å². The van der Waals surface area contributed by atoms with E-state index in [1.807, 2.05) is 30.3 Å². The van der Waals surface area contributed by atoms with Crippen LogP contribution in [0.2, 0.25) is 0 Å². The Morgan fingerprint density at radius 3 is 2.96 bits per heavy atom. The van der Waals surface area contributed by atoms with Gasteiger partial charge < -0.3 is 24.8 Å². The van der Waals surface area contributed by atoms with E-state index >= 15 is 0 Å². The Hall–Kier alpha value is -3.48. The molecule has 1 aliphatic rings. The topological polar surface area (TPSA) is 81.7 Å². The first-order chi connectivity index (χ1) is 12.8. The molecule has 26 heavy (non-hydrogen) atoms. The van der Waals surface area contributed by atoms with Crippen LogP contribution < -0.4 is 24.8 Å². The molecule has 4 rings (SSSR count). The van der Waals surface area contributed by atoms with Gasteiger partial charge >= 0.3 is 6.03 Å². The van der Waals surface area contributed by atoms with Gasteiger partial charge in [0.2, 0.25) is 6.79 Å². The van der Waals surface area contributed by atoms with E-state index in [1.165, 1.54) is 0 Å². The van der Waals surface area contributed by atoms with E-state index in [-0.39, 0.29) is 12.8 Å². The number of anilines is 1. The van der Waals surface area contributed by atoms with Gasteiger partial charge in [0.05, 0.1) is 6.54 Å². The second kappa shape index (κ2) is 7.18. The third kappa shape index (κ3) is 3.46. The van der Waals surface area contributed by atoms with E-state index in [2.05, 4.69) is 15.6 Å². The smallest absolute Gasteiger partial charge is 0.319 e. The van der Waals surface area contributed by atoms with Gasteiger partial charge in [0.1, 0.15) is 17.9 Å². The molecule has 2 amide bonds. The van der Waals surface area contributed by atoms with Crippen molar-refractivity contribution in [2.24, 2.45) is 0 Å². The predicted molar refractivity (Wildman–Crippen MR) is 96.8 cm³/mol. The van der Waals surface area contributed by atoms with Crippen LogP contribution in [0.4, 0.5) is 10.5 Å². The van der Waals surface area contributed by atoms with Crippen LogP contribution in [0.15, 0.2) is 54.7 Å². The van der Waals surface area contributed by atoms with Gasteiger partial charge in [-0.1, -0.05) is 18.2 Å². The SMILES string of the molecule is O=C(NCCOc1cccc2cccnc12)Nc1ccc2c(c1)OCO2. The van der Waals surface area contributed by atoms with Crippen molar-refractivity contribution in [2.75, 3.05) is 25.3 Å². The van der Waals surface area contributed by atoms with Crippen LogP contribution in [0.1, 0.15) is 0 Å². The van der Waals surface area contributed by atoms with Gasteiger partial charge in [-0.25, -0.2) is 4.79 Å². The molecule has 2 heterocycles. The minimum absolute atomic E-state index is 0.200. The lowest BCUT2D eigenvalue weighted by molar-refractivity contribution is 0.174. The van der Waals surface area contributed by atoms with E-state index in [4.69, 9.17) is 14.2 Å². The van der Waals surface area contributed by atoms with Crippen molar-refractivity contribution < 1.29 is 19.0 Å². The molecule has 132 valence electrons. The monoisotopic (exact) mass is 351 g/mol. The van der Waals surface area contributed by atoms with Gasteiger partial charge in [0, 0.05) is 23.3 Å². The zero-order valence-electron chi connectivity index (χ0n) is 13.9. The van der Waals surface area contributed by atoms with Crippen LogP contribution in [-0.4, -0.2) is 31.0 Å². The Labute approximate surface area is 149 Å². The van der Waals surface area contributed by atoms with Crippen molar-refractivity contribution in [1.82, 2.24) is 10.3 Å². The molecule has 7 heteroatoms. The maximum Gasteiger partial charge on any atom is 0.319 e. The molecule has 0 fully saturated rings. The molecule has 3 aromatic rings. The molecule has 0 unspecified atom stereocenters. The lowest BCUT2D eigenvalue weighted by Gasteiger charge is -2.10. The number of carbonyl (C=O) groups excluding carboxylic acids is 1. The molecule has 0 spiro atoms. The standard InChI is InChI=1S/C19H17N3O4/c23-19(22-14-6-7-15-17(11-14)26-12-25-15)21-9-10-24-16-5-1-3-13-4-2-8-20-18(13)16/h1-8,11H,9-10,12H2,(H2,21,22,23). The lowest BCUT2D eigenvalue weighted by atomic mass is 10.2. The van der Waals surface area contributed by atoms with Crippen molar-refractivity contribution in [3.8, 4) is 17.2 Å². The number of benzene rings is 2. The van der Waals surface area contributed by atoms with Crippen molar-refractivity contribution in [2.45, 2.75) is 0 Å². The highest BCUT2D eigenvalue weighted by Crippen LogP contribution is 2.34. The molecular weight excluding hydrogens is 334 g/mol. The summed E-state index contributed by atoms with van der Waals surface area (Å²) in [6.45, 7) is 0.898. The first-order valence-corrected chi connectivity index (χ1v) is 8.21. The first kappa shape index (κ1) is 16.0. The molecule has 0 aliphatic carbocycles. The lowest BCUT2D eigenvalue weighted by Crippen LogP contribution is -2.32. The number of hydrogen-bond acceptors (Lipinski definition) is 5. The Morgan fingerprint density at radius 2 is 2.00 bits per heavy atom. The summed E-state index contributed by atoms with van der Waals surface area (Å²) in [5, 5.41) is 6.51. The number of nitrogens with zero attached hydrogens (tertiary/aromatic N) is 1. The van der Waals surface area contributed by atoms with E-state index in [0.29, 0.717) is 36.1 Å². The number of fused-ring (bicyclic) bond motifs is 2. The van der Waals surface area contributed by atoms with E-state index in [1.54, 1.807) is 24.4 Å². The quantitative estimate of drug-likeness (QED) is 0.690. The van der Waals surface area contributed by atoms with E-state index in [9.17, 15) is 4.79 Å². The largest absolute Gasteiger partial charge is 0.489 e. The second-order valence-electron chi connectivity index (χ2n) is 5.63. The maximum atomic E-state index is 12.0. The summed E-state index contributed by atoms with van der Waals surface area (Å²) in [6, 6.07) is 14.5. The van der Waals surface area contributed by atoms with Crippen LogP contribution in [0, 0.1) is 0 Å². The molecule has 2 N–H and O–H groups in total. The zero-order valence-corrected chi connectivity index (χ0v) is 13.9. The maximum absolute atomic E-state index is 12.0. The van der Waals surface area contributed by atoms with E-state index < -0.39 is 0 Å². The van der Waals surface area contributed by atoms with Gasteiger partial charge in [0.15, 0.2) is 11.5 Å². The highest BCUT2D eigenvalue weighted by atomic mass is 16.7. The highest BCUT2D eigenvalue weighted by molar-refractivity contribution is 5.89. The van der Waals surface area contributed by atoms with Crippen LogP contribution in [0.25, 0.3) is 10.9 Å². The van der Waals surface area contributed by atoms with Crippen LogP contribution in [0.5, 0.6) is 17.2 Å². The highest BCUT2D eigenvalue weighted by Gasteiger charge is 2.14. The summed E-state index contributed by atoms with van der Waals surface area (Å²) < 4.78 is 16.3. The number of nitrogens with one attached hydrogen (secondary N) is 2. The van der Waals surface area contributed by atoms with Gasteiger partial charge in [-0.05, 0) is 24.3 Å². The molecule has 0 saturated carbocycles. The summed E-state index contributed by atoms with van der Waals surface area (Å²) in [7, 11) is 0. The average Bonchev–Trinajstić information content (AvgIpc) is 3.13. The van der Waals surface area contributed by atoms with Gasteiger partial charge in [0.25, 0.3) is 0 Å². The fourth-order valence-corrected chi connectivity index (χ4v) is 2.67. The van der Waals surface area contributed by atoms with Gasteiger partial charge in [-0.3, -0.25) is 4.98 Å². The molecule has 0 saturated heterocycles. The zero-order chi connectivity index (χ0) is 17.8. The molecular formula is C19H17N3O4.